The Morgan fingerprint density at radius 2 is 1.52 bits per heavy atom. The number of piperidine rings is 1. The number of carbonyl (C=O) groups excluding carboxylic acids is 1. The van der Waals surface area contributed by atoms with Gasteiger partial charge < -0.3 is 9.80 Å². The van der Waals surface area contributed by atoms with Crippen LogP contribution in [-0.2, 0) is 10.0 Å². The minimum absolute atomic E-state index is 0.154. The van der Waals surface area contributed by atoms with Gasteiger partial charge in [-0.25, -0.2) is 8.42 Å². The van der Waals surface area contributed by atoms with Crippen molar-refractivity contribution in [1.82, 2.24) is 19.0 Å². The fourth-order valence-corrected chi connectivity index (χ4v) is 7.32. The normalized spacial score (nSPS) is 26.1. The topological polar surface area (TPSA) is 64.2 Å². The minimum Gasteiger partial charge on any atom is -0.336 e. The van der Waals surface area contributed by atoms with E-state index in [1.165, 1.54) is 38.1 Å². The average molecular weight is 497 g/mol. The van der Waals surface area contributed by atoms with Crippen LogP contribution in [0, 0.1) is 11.8 Å². The van der Waals surface area contributed by atoms with E-state index < -0.39 is 10.0 Å². The van der Waals surface area contributed by atoms with Crippen molar-refractivity contribution >= 4 is 27.5 Å². The molecule has 7 nitrogen and oxygen atoms in total. The number of nitrogens with zero attached hydrogens (tertiary/aromatic N) is 4. The zero-order chi connectivity index (χ0) is 23.6. The number of likely N-dealkylation sites (tertiary alicyclic amines) is 1. The lowest BCUT2D eigenvalue weighted by atomic mass is 9.94. The van der Waals surface area contributed by atoms with E-state index in [0.29, 0.717) is 43.0 Å². The molecule has 0 bridgehead atoms. The predicted octanol–water partition coefficient (Wildman–Crippen LogP) is 2.86. The molecule has 1 amide bonds. The van der Waals surface area contributed by atoms with Crippen molar-refractivity contribution in [3.8, 4) is 0 Å². The van der Waals surface area contributed by atoms with Gasteiger partial charge in [0.25, 0.3) is 5.91 Å². The quantitative estimate of drug-likeness (QED) is 0.606. The summed E-state index contributed by atoms with van der Waals surface area (Å²) in [7, 11) is -3.66. The van der Waals surface area contributed by atoms with Gasteiger partial charge in [0.15, 0.2) is 0 Å². The van der Waals surface area contributed by atoms with Crippen LogP contribution in [0.5, 0.6) is 0 Å². The Bertz CT molecular complexity index is 933. The first-order valence-electron chi connectivity index (χ1n) is 12.3. The van der Waals surface area contributed by atoms with E-state index in [0.717, 1.165) is 32.6 Å². The first kappa shape index (κ1) is 24.9. The summed E-state index contributed by atoms with van der Waals surface area (Å²) in [6.07, 6.45) is 3.63. The van der Waals surface area contributed by atoms with Crippen molar-refractivity contribution < 1.29 is 13.2 Å². The molecule has 3 heterocycles. The van der Waals surface area contributed by atoms with Gasteiger partial charge in [-0.05, 0) is 62.4 Å². The molecule has 0 saturated carbocycles. The van der Waals surface area contributed by atoms with Gasteiger partial charge >= 0.3 is 0 Å². The third kappa shape index (κ3) is 5.90. The number of piperazine rings is 1. The molecule has 1 aromatic carbocycles. The molecule has 1 aromatic rings. The van der Waals surface area contributed by atoms with Gasteiger partial charge in [-0.3, -0.25) is 9.69 Å². The van der Waals surface area contributed by atoms with E-state index in [9.17, 15) is 13.2 Å². The van der Waals surface area contributed by atoms with Gasteiger partial charge in [-0.15, -0.1) is 0 Å². The highest BCUT2D eigenvalue weighted by atomic mass is 35.5. The molecule has 184 valence electrons. The van der Waals surface area contributed by atoms with Crippen molar-refractivity contribution in [1.29, 1.82) is 0 Å². The smallest absolute Gasteiger partial charge is 0.255 e. The third-order valence-corrected chi connectivity index (χ3v) is 9.39. The highest BCUT2D eigenvalue weighted by Gasteiger charge is 2.33. The number of sulfonamides is 1. The van der Waals surface area contributed by atoms with Crippen LogP contribution >= 0.6 is 11.6 Å². The Labute approximate surface area is 203 Å². The Hall–Kier alpha value is -1.19. The van der Waals surface area contributed by atoms with Crippen LogP contribution in [0.4, 0.5) is 0 Å². The molecule has 3 fully saturated rings. The standard InChI is InChI=1S/C24H37ClN4O3S/c1-19-15-20(2)18-29(17-19)33(31,32)21-5-6-23(25)22(16-21)24(30)28-13-11-27(12-14-28)10-9-26-7-3-4-8-26/h5-6,16,19-20H,3-4,7-15,17-18H2,1-2H3. The summed E-state index contributed by atoms with van der Waals surface area (Å²) in [6, 6.07) is 4.54. The summed E-state index contributed by atoms with van der Waals surface area (Å²) in [5, 5.41) is 0.302. The van der Waals surface area contributed by atoms with Gasteiger partial charge in [0.1, 0.15) is 0 Å². The van der Waals surface area contributed by atoms with Crippen LogP contribution in [0.25, 0.3) is 0 Å². The number of amides is 1. The maximum Gasteiger partial charge on any atom is 0.255 e. The van der Waals surface area contributed by atoms with Crippen molar-refractivity contribution in [2.24, 2.45) is 11.8 Å². The zero-order valence-electron chi connectivity index (χ0n) is 19.9. The summed E-state index contributed by atoms with van der Waals surface area (Å²) in [6.45, 7) is 12.6. The molecule has 0 radical (unpaired) electrons. The highest BCUT2D eigenvalue weighted by molar-refractivity contribution is 7.89. The van der Waals surface area contributed by atoms with Crippen LogP contribution in [0.15, 0.2) is 23.1 Å². The second kappa shape index (κ2) is 10.6. The molecule has 9 heteroatoms. The van der Waals surface area contributed by atoms with E-state index in [1.807, 2.05) is 0 Å². The molecule has 0 aliphatic carbocycles. The molecule has 4 rings (SSSR count). The largest absolute Gasteiger partial charge is 0.336 e. The average Bonchev–Trinajstić information content (AvgIpc) is 3.31. The molecule has 3 aliphatic heterocycles. The van der Waals surface area contributed by atoms with Crippen molar-refractivity contribution in [2.75, 3.05) is 65.4 Å². The molecule has 0 spiro atoms. The molecule has 33 heavy (non-hydrogen) atoms. The van der Waals surface area contributed by atoms with Crippen LogP contribution in [-0.4, -0.2) is 98.8 Å². The molecule has 0 N–H and O–H groups in total. The Morgan fingerprint density at radius 3 is 2.12 bits per heavy atom. The van der Waals surface area contributed by atoms with E-state index in [1.54, 1.807) is 15.3 Å². The monoisotopic (exact) mass is 496 g/mol. The second-order valence-corrected chi connectivity index (χ2v) is 12.4. The fraction of sp³-hybridized carbons (Fsp3) is 0.708. The van der Waals surface area contributed by atoms with E-state index in [4.69, 9.17) is 11.6 Å². The fourth-order valence-electron chi connectivity index (χ4n) is 5.41. The number of rotatable bonds is 6. The summed E-state index contributed by atoms with van der Waals surface area (Å²) in [5.41, 5.74) is 0.279. The molecule has 3 saturated heterocycles. The van der Waals surface area contributed by atoms with Crippen molar-refractivity contribution in [3.63, 3.8) is 0 Å². The van der Waals surface area contributed by atoms with Gasteiger partial charge in [0.05, 0.1) is 15.5 Å². The highest BCUT2D eigenvalue weighted by Crippen LogP contribution is 2.29. The summed E-state index contributed by atoms with van der Waals surface area (Å²) >= 11 is 6.37. The van der Waals surface area contributed by atoms with E-state index in [-0.39, 0.29) is 16.4 Å². The molecular formula is C24H37ClN4O3S. The maximum absolute atomic E-state index is 13.3. The third-order valence-electron chi connectivity index (χ3n) is 7.23. The molecule has 2 unspecified atom stereocenters. The lowest BCUT2D eigenvalue weighted by molar-refractivity contribution is 0.0626. The lowest BCUT2D eigenvalue weighted by Gasteiger charge is -2.36. The van der Waals surface area contributed by atoms with Gasteiger partial charge in [-0.2, -0.15) is 4.31 Å². The molecule has 3 aliphatic rings. The molecule has 0 aromatic heterocycles. The Kier molecular flexibility index (Phi) is 8.01. The Balaban J connectivity index is 1.40. The number of hydrogen-bond acceptors (Lipinski definition) is 5. The maximum atomic E-state index is 13.3. The second-order valence-electron chi connectivity index (χ2n) is 10.1. The lowest BCUT2D eigenvalue weighted by Crippen LogP contribution is -2.50. The van der Waals surface area contributed by atoms with Gasteiger partial charge in [-0.1, -0.05) is 25.4 Å². The van der Waals surface area contributed by atoms with Crippen LogP contribution in [0.2, 0.25) is 5.02 Å². The van der Waals surface area contributed by atoms with Crippen LogP contribution in [0.1, 0.15) is 43.5 Å². The summed E-state index contributed by atoms with van der Waals surface area (Å²) in [4.78, 5) is 20.1. The SMILES string of the molecule is CC1CC(C)CN(S(=O)(=O)c2ccc(Cl)c(C(=O)N3CCN(CCN4CCCC4)CC3)c2)C1. The van der Waals surface area contributed by atoms with Crippen LogP contribution < -0.4 is 0 Å². The first-order valence-corrected chi connectivity index (χ1v) is 14.1. The first-order chi connectivity index (χ1) is 15.7. The number of halogens is 1. The number of hydrogen-bond donors (Lipinski definition) is 0. The predicted molar refractivity (Wildman–Crippen MR) is 131 cm³/mol. The van der Waals surface area contributed by atoms with Gasteiger partial charge in [0.2, 0.25) is 10.0 Å². The summed E-state index contributed by atoms with van der Waals surface area (Å²) in [5.74, 6) is 0.453. The number of benzene rings is 1. The van der Waals surface area contributed by atoms with E-state index >= 15 is 0 Å². The van der Waals surface area contributed by atoms with Crippen LogP contribution in [0.3, 0.4) is 0 Å². The van der Waals surface area contributed by atoms with Crippen molar-refractivity contribution in [3.05, 3.63) is 28.8 Å². The summed E-state index contributed by atoms with van der Waals surface area (Å²) < 4.78 is 28.2. The minimum atomic E-state index is -3.66. The van der Waals surface area contributed by atoms with E-state index in [2.05, 4.69) is 23.6 Å². The molecular weight excluding hydrogens is 460 g/mol. The van der Waals surface area contributed by atoms with Crippen molar-refractivity contribution in [2.45, 2.75) is 38.0 Å². The Morgan fingerprint density at radius 1 is 0.939 bits per heavy atom. The molecule has 2 atom stereocenters. The van der Waals surface area contributed by atoms with Gasteiger partial charge in [0, 0.05) is 52.4 Å². The zero-order valence-corrected chi connectivity index (χ0v) is 21.5. The number of carbonyl (C=O) groups is 1.